The number of nitrogens with one attached hydrogen (secondary N) is 1. The van der Waals surface area contributed by atoms with Crippen LogP contribution in [-0.2, 0) is 20.9 Å². The second-order valence-corrected chi connectivity index (χ2v) is 6.43. The Bertz CT molecular complexity index is 818. The summed E-state index contributed by atoms with van der Waals surface area (Å²) in [6.07, 6.45) is -0.801. The molecule has 2 unspecified atom stereocenters. The number of amides is 1. The maximum absolute atomic E-state index is 12.4. The van der Waals surface area contributed by atoms with Gasteiger partial charge in [0, 0.05) is 0 Å². The maximum Gasteiger partial charge on any atom is 0.330 e. The van der Waals surface area contributed by atoms with E-state index in [0.29, 0.717) is 11.3 Å². The van der Waals surface area contributed by atoms with Gasteiger partial charge in [-0.1, -0.05) is 30.3 Å². The second kappa shape index (κ2) is 9.19. The van der Waals surface area contributed by atoms with Crippen molar-refractivity contribution in [1.82, 2.24) is 5.32 Å². The first kappa shape index (κ1) is 20.5. The molecule has 0 aliphatic rings. The van der Waals surface area contributed by atoms with Crippen molar-refractivity contribution in [3.8, 4) is 5.75 Å². The predicted octanol–water partition coefficient (Wildman–Crippen LogP) is 3.16. The number of carbonyl (C=O) groups is 2. The van der Waals surface area contributed by atoms with Crippen LogP contribution < -0.4 is 10.1 Å². The van der Waals surface area contributed by atoms with Gasteiger partial charge in [0.15, 0.2) is 6.04 Å². The Morgan fingerprint density at radius 1 is 1.11 bits per heavy atom. The van der Waals surface area contributed by atoms with Crippen LogP contribution in [-0.4, -0.2) is 30.2 Å². The normalized spacial score (nSPS) is 12.9. The average Bonchev–Trinajstić information content (AvgIpc) is 2.66. The van der Waals surface area contributed by atoms with Crippen LogP contribution in [0.25, 0.3) is 0 Å². The summed E-state index contributed by atoms with van der Waals surface area (Å²) in [4.78, 5) is 24.0. The van der Waals surface area contributed by atoms with Gasteiger partial charge in [-0.15, -0.1) is 0 Å². The molecule has 0 heterocycles. The highest BCUT2D eigenvalue weighted by molar-refractivity contribution is 5.86. The Balaban J connectivity index is 2.01. The molecule has 27 heavy (non-hydrogen) atoms. The van der Waals surface area contributed by atoms with E-state index in [9.17, 15) is 14.7 Å². The highest BCUT2D eigenvalue weighted by Crippen LogP contribution is 2.18. The van der Waals surface area contributed by atoms with Gasteiger partial charge in [-0.2, -0.15) is 0 Å². The van der Waals surface area contributed by atoms with Crippen LogP contribution in [0.15, 0.2) is 42.5 Å². The summed E-state index contributed by atoms with van der Waals surface area (Å²) < 4.78 is 10.7. The lowest BCUT2D eigenvalue weighted by atomic mass is 10.0. The number of hydrogen-bond donors (Lipinski definition) is 2. The number of rotatable bonds is 8. The van der Waals surface area contributed by atoms with Crippen LogP contribution in [0.3, 0.4) is 0 Å². The first-order chi connectivity index (χ1) is 12.8. The number of hydrogen-bond acceptors (Lipinski definition) is 4. The van der Waals surface area contributed by atoms with Crippen molar-refractivity contribution in [2.45, 2.75) is 39.5 Å². The number of methoxy groups -OCH3 is 1. The predicted molar refractivity (Wildman–Crippen MR) is 102 cm³/mol. The Morgan fingerprint density at radius 3 is 2.48 bits per heavy atom. The molecule has 144 valence electrons. The fraction of sp³-hybridized carbons (Fsp3) is 0.333. The van der Waals surface area contributed by atoms with Crippen LogP contribution in [0.4, 0.5) is 0 Å². The topological polar surface area (TPSA) is 84.9 Å². The first-order valence-corrected chi connectivity index (χ1v) is 8.66. The summed E-state index contributed by atoms with van der Waals surface area (Å²) in [7, 11) is 1.58. The van der Waals surface area contributed by atoms with Crippen LogP contribution in [0.1, 0.15) is 35.2 Å². The number of ether oxygens (including phenoxy) is 2. The molecule has 0 fully saturated rings. The SMILES string of the molecule is COc1cccc(COC(C)C(=O)NC(C(=O)O)c2ccc(C)c(C)c2)c1. The van der Waals surface area contributed by atoms with Crippen LogP contribution in [0.5, 0.6) is 5.75 Å². The van der Waals surface area contributed by atoms with E-state index in [2.05, 4.69) is 5.32 Å². The fourth-order valence-corrected chi connectivity index (χ4v) is 2.55. The first-order valence-electron chi connectivity index (χ1n) is 8.66. The third-order valence-corrected chi connectivity index (χ3v) is 4.40. The monoisotopic (exact) mass is 371 g/mol. The summed E-state index contributed by atoms with van der Waals surface area (Å²) in [5.41, 5.74) is 3.41. The zero-order chi connectivity index (χ0) is 20.0. The molecule has 2 rings (SSSR count). The lowest BCUT2D eigenvalue weighted by Crippen LogP contribution is -2.40. The van der Waals surface area contributed by atoms with Gasteiger partial charge in [-0.25, -0.2) is 4.79 Å². The number of carbonyl (C=O) groups excluding carboxylic acids is 1. The summed E-state index contributed by atoms with van der Waals surface area (Å²) in [6, 6.07) is 11.5. The quantitative estimate of drug-likeness (QED) is 0.745. The molecule has 2 atom stereocenters. The Morgan fingerprint density at radius 2 is 1.85 bits per heavy atom. The molecular weight excluding hydrogens is 346 g/mol. The molecule has 0 aliphatic heterocycles. The van der Waals surface area contributed by atoms with Crippen LogP contribution in [0.2, 0.25) is 0 Å². The summed E-state index contributed by atoms with van der Waals surface area (Å²) in [5, 5.41) is 12.1. The minimum atomic E-state index is -1.13. The molecule has 0 spiro atoms. The van der Waals surface area contributed by atoms with Gasteiger partial charge < -0.3 is 19.9 Å². The minimum absolute atomic E-state index is 0.215. The third-order valence-electron chi connectivity index (χ3n) is 4.40. The molecule has 0 aliphatic carbocycles. The molecule has 6 heteroatoms. The van der Waals surface area contributed by atoms with Gasteiger partial charge in [0.2, 0.25) is 5.91 Å². The van der Waals surface area contributed by atoms with E-state index in [4.69, 9.17) is 9.47 Å². The van der Waals surface area contributed by atoms with Crippen molar-refractivity contribution in [3.63, 3.8) is 0 Å². The highest BCUT2D eigenvalue weighted by Gasteiger charge is 2.25. The van der Waals surface area contributed by atoms with Gasteiger partial charge >= 0.3 is 5.97 Å². The summed E-state index contributed by atoms with van der Waals surface area (Å²) in [6.45, 7) is 5.66. The molecular formula is C21H25NO5. The van der Waals surface area contributed by atoms with Crippen molar-refractivity contribution >= 4 is 11.9 Å². The average molecular weight is 371 g/mol. The van der Waals surface area contributed by atoms with E-state index >= 15 is 0 Å². The molecule has 0 radical (unpaired) electrons. The van der Waals surface area contributed by atoms with Crippen LogP contribution in [0, 0.1) is 13.8 Å². The Hall–Kier alpha value is -2.86. The van der Waals surface area contributed by atoms with Gasteiger partial charge in [0.25, 0.3) is 0 Å². The molecule has 6 nitrogen and oxygen atoms in total. The molecule has 2 aromatic carbocycles. The van der Waals surface area contributed by atoms with E-state index in [1.165, 1.54) is 0 Å². The zero-order valence-electron chi connectivity index (χ0n) is 16.0. The zero-order valence-corrected chi connectivity index (χ0v) is 16.0. The lowest BCUT2D eigenvalue weighted by Gasteiger charge is -2.19. The maximum atomic E-state index is 12.4. The van der Waals surface area contributed by atoms with Crippen molar-refractivity contribution in [3.05, 3.63) is 64.7 Å². The Kier molecular flexibility index (Phi) is 6.96. The Labute approximate surface area is 159 Å². The van der Waals surface area contributed by atoms with Crippen LogP contribution >= 0.6 is 0 Å². The van der Waals surface area contributed by atoms with E-state index in [1.54, 1.807) is 26.2 Å². The van der Waals surface area contributed by atoms with Crippen molar-refractivity contribution in [2.75, 3.05) is 7.11 Å². The largest absolute Gasteiger partial charge is 0.497 e. The van der Waals surface area contributed by atoms with Gasteiger partial charge in [0.1, 0.15) is 11.9 Å². The molecule has 2 aromatic rings. The van der Waals surface area contributed by atoms with Gasteiger partial charge in [0.05, 0.1) is 13.7 Å². The van der Waals surface area contributed by atoms with Crippen molar-refractivity contribution < 1.29 is 24.2 Å². The fourth-order valence-electron chi connectivity index (χ4n) is 2.55. The van der Waals surface area contributed by atoms with E-state index in [0.717, 1.165) is 16.7 Å². The number of aryl methyl sites for hydroxylation is 2. The van der Waals surface area contributed by atoms with Crippen molar-refractivity contribution in [1.29, 1.82) is 0 Å². The number of aliphatic carboxylic acids is 1. The summed E-state index contributed by atoms with van der Waals surface area (Å²) in [5.74, 6) is -0.899. The third kappa shape index (κ3) is 5.56. The van der Waals surface area contributed by atoms with E-state index in [-0.39, 0.29) is 6.61 Å². The molecule has 0 saturated carbocycles. The van der Waals surface area contributed by atoms with Gasteiger partial charge in [-0.05, 0) is 55.2 Å². The number of carboxylic acid groups (broad SMARTS) is 1. The number of carboxylic acids is 1. The minimum Gasteiger partial charge on any atom is -0.497 e. The van der Waals surface area contributed by atoms with E-state index in [1.807, 2.05) is 44.2 Å². The standard InChI is InChI=1S/C21H25NO5/c1-13-8-9-17(10-14(13)2)19(21(24)25)22-20(23)15(3)27-12-16-6-5-7-18(11-16)26-4/h5-11,15,19H,12H2,1-4H3,(H,22,23)(H,24,25). The molecule has 2 N–H and O–H groups in total. The molecule has 1 amide bonds. The highest BCUT2D eigenvalue weighted by atomic mass is 16.5. The second-order valence-electron chi connectivity index (χ2n) is 6.43. The molecule has 0 bridgehead atoms. The lowest BCUT2D eigenvalue weighted by molar-refractivity contribution is -0.144. The van der Waals surface area contributed by atoms with Crippen molar-refractivity contribution in [2.24, 2.45) is 0 Å². The number of benzene rings is 2. The molecule has 0 saturated heterocycles. The smallest absolute Gasteiger partial charge is 0.330 e. The van der Waals surface area contributed by atoms with Gasteiger partial charge in [-0.3, -0.25) is 4.79 Å². The molecule has 0 aromatic heterocycles. The van der Waals surface area contributed by atoms with E-state index < -0.39 is 24.0 Å². The summed E-state index contributed by atoms with van der Waals surface area (Å²) >= 11 is 0.